The molecule has 0 radical (unpaired) electrons. The molecule has 1 fully saturated rings. The van der Waals surface area contributed by atoms with Gasteiger partial charge in [-0.05, 0) is 36.1 Å². The molecule has 3 rings (SSSR count). The van der Waals surface area contributed by atoms with Crippen molar-refractivity contribution >= 4 is 10.0 Å². The SMILES string of the molecule is O=S(=O)(NC1CCCCCC1O)c1ccc2c(c1)CNC2. The van der Waals surface area contributed by atoms with Crippen LogP contribution in [0.2, 0.25) is 0 Å². The molecule has 6 heteroatoms. The summed E-state index contributed by atoms with van der Waals surface area (Å²) in [4.78, 5) is 0.293. The van der Waals surface area contributed by atoms with Crippen LogP contribution in [0, 0.1) is 0 Å². The largest absolute Gasteiger partial charge is 0.391 e. The van der Waals surface area contributed by atoms with Crippen LogP contribution in [-0.4, -0.2) is 25.7 Å². The van der Waals surface area contributed by atoms with E-state index in [0.29, 0.717) is 24.3 Å². The molecule has 1 heterocycles. The van der Waals surface area contributed by atoms with Gasteiger partial charge >= 0.3 is 0 Å². The minimum atomic E-state index is -3.57. The number of rotatable bonds is 3. The van der Waals surface area contributed by atoms with Gasteiger partial charge in [-0.3, -0.25) is 0 Å². The summed E-state index contributed by atoms with van der Waals surface area (Å²) in [5.41, 5.74) is 2.20. The molecule has 0 amide bonds. The minimum Gasteiger partial charge on any atom is -0.391 e. The van der Waals surface area contributed by atoms with Crippen LogP contribution < -0.4 is 10.0 Å². The Hall–Kier alpha value is -0.950. The number of hydrogen-bond donors (Lipinski definition) is 3. The van der Waals surface area contributed by atoms with Gasteiger partial charge in [-0.25, -0.2) is 13.1 Å². The van der Waals surface area contributed by atoms with Gasteiger partial charge in [0.25, 0.3) is 0 Å². The van der Waals surface area contributed by atoms with E-state index in [2.05, 4.69) is 10.0 Å². The molecule has 5 nitrogen and oxygen atoms in total. The van der Waals surface area contributed by atoms with Gasteiger partial charge in [0, 0.05) is 19.1 Å². The van der Waals surface area contributed by atoms with E-state index in [1.54, 1.807) is 12.1 Å². The molecule has 1 aliphatic carbocycles. The van der Waals surface area contributed by atoms with Gasteiger partial charge in [-0.15, -0.1) is 0 Å². The lowest BCUT2D eigenvalue weighted by molar-refractivity contribution is 0.130. The molecule has 1 aromatic carbocycles. The molecule has 2 unspecified atom stereocenters. The van der Waals surface area contributed by atoms with Gasteiger partial charge in [0.2, 0.25) is 10.0 Å². The summed E-state index contributed by atoms with van der Waals surface area (Å²) in [6, 6.07) is 4.88. The van der Waals surface area contributed by atoms with E-state index in [1.807, 2.05) is 6.07 Å². The third-order valence-corrected chi connectivity index (χ3v) is 5.89. The van der Waals surface area contributed by atoms with Crippen LogP contribution in [0.3, 0.4) is 0 Å². The highest BCUT2D eigenvalue weighted by Crippen LogP contribution is 2.23. The number of hydrogen-bond acceptors (Lipinski definition) is 4. The second-order valence-corrected chi connectivity index (χ2v) is 7.68. The first-order valence-corrected chi connectivity index (χ1v) is 9.07. The number of benzene rings is 1. The number of nitrogens with one attached hydrogen (secondary N) is 2. The highest BCUT2D eigenvalue weighted by Gasteiger charge is 2.27. The number of aliphatic hydroxyl groups is 1. The third kappa shape index (κ3) is 3.29. The van der Waals surface area contributed by atoms with Crippen LogP contribution in [0.5, 0.6) is 0 Å². The van der Waals surface area contributed by atoms with Crippen LogP contribution in [0.15, 0.2) is 23.1 Å². The maximum atomic E-state index is 12.5. The average Bonchev–Trinajstić information content (AvgIpc) is 2.84. The molecule has 0 bridgehead atoms. The van der Waals surface area contributed by atoms with Crippen LogP contribution in [0.4, 0.5) is 0 Å². The van der Waals surface area contributed by atoms with Gasteiger partial charge in [0.05, 0.1) is 11.0 Å². The van der Waals surface area contributed by atoms with Gasteiger partial charge in [0.15, 0.2) is 0 Å². The van der Waals surface area contributed by atoms with Crippen molar-refractivity contribution < 1.29 is 13.5 Å². The summed E-state index contributed by atoms with van der Waals surface area (Å²) in [7, 11) is -3.57. The fourth-order valence-corrected chi connectivity index (χ4v) is 4.49. The highest BCUT2D eigenvalue weighted by molar-refractivity contribution is 7.89. The summed E-state index contributed by atoms with van der Waals surface area (Å²) >= 11 is 0. The molecule has 3 N–H and O–H groups in total. The van der Waals surface area contributed by atoms with Crippen LogP contribution in [0.25, 0.3) is 0 Å². The van der Waals surface area contributed by atoms with Gasteiger partial charge in [-0.2, -0.15) is 0 Å². The topological polar surface area (TPSA) is 78.4 Å². The molecular weight excluding hydrogens is 288 g/mol. The summed E-state index contributed by atoms with van der Waals surface area (Å²) in [6.07, 6.45) is 3.76. The molecule has 0 saturated heterocycles. The molecule has 21 heavy (non-hydrogen) atoms. The number of aliphatic hydroxyl groups excluding tert-OH is 1. The summed E-state index contributed by atoms with van der Waals surface area (Å²) in [5.74, 6) is 0. The monoisotopic (exact) mass is 310 g/mol. The minimum absolute atomic E-state index is 0.293. The molecule has 1 aliphatic heterocycles. The predicted octanol–water partition coefficient (Wildman–Crippen LogP) is 1.26. The van der Waals surface area contributed by atoms with E-state index >= 15 is 0 Å². The summed E-state index contributed by atoms with van der Waals surface area (Å²) in [6.45, 7) is 1.51. The standard InChI is InChI=1S/C15H22N2O3S/c18-15-5-3-1-2-4-14(15)17-21(19,20)13-7-6-11-9-16-10-12(11)8-13/h6-8,14-18H,1-5,9-10H2. The van der Waals surface area contributed by atoms with E-state index in [9.17, 15) is 13.5 Å². The van der Waals surface area contributed by atoms with Crippen molar-refractivity contribution in [1.82, 2.24) is 10.0 Å². The van der Waals surface area contributed by atoms with Crippen LogP contribution >= 0.6 is 0 Å². The second kappa shape index (κ2) is 6.04. The van der Waals surface area contributed by atoms with Gasteiger partial charge < -0.3 is 10.4 Å². The molecular formula is C15H22N2O3S. The number of sulfonamides is 1. The second-order valence-electron chi connectivity index (χ2n) is 5.97. The van der Waals surface area contributed by atoms with E-state index in [1.165, 1.54) is 0 Å². The van der Waals surface area contributed by atoms with E-state index in [4.69, 9.17) is 0 Å². The third-order valence-electron chi connectivity index (χ3n) is 4.40. The molecule has 116 valence electrons. The van der Waals surface area contributed by atoms with Crippen molar-refractivity contribution in [2.45, 2.75) is 62.2 Å². The van der Waals surface area contributed by atoms with Crippen molar-refractivity contribution in [1.29, 1.82) is 0 Å². The van der Waals surface area contributed by atoms with E-state index in [0.717, 1.165) is 36.9 Å². The highest BCUT2D eigenvalue weighted by atomic mass is 32.2. The quantitative estimate of drug-likeness (QED) is 0.735. The van der Waals surface area contributed by atoms with E-state index in [-0.39, 0.29) is 6.04 Å². The van der Waals surface area contributed by atoms with Gasteiger partial charge in [0.1, 0.15) is 0 Å². The lowest BCUT2D eigenvalue weighted by Gasteiger charge is -2.21. The fourth-order valence-electron chi connectivity index (χ4n) is 3.13. The van der Waals surface area contributed by atoms with Crippen molar-refractivity contribution in [2.24, 2.45) is 0 Å². The summed E-state index contributed by atoms with van der Waals surface area (Å²) in [5, 5.41) is 13.3. The number of fused-ring (bicyclic) bond motifs is 1. The lowest BCUT2D eigenvalue weighted by atomic mass is 10.1. The summed E-state index contributed by atoms with van der Waals surface area (Å²) < 4.78 is 27.7. The van der Waals surface area contributed by atoms with Crippen molar-refractivity contribution in [3.8, 4) is 0 Å². The predicted molar refractivity (Wildman–Crippen MR) is 80.2 cm³/mol. The first kappa shape index (κ1) is 15.0. The van der Waals surface area contributed by atoms with E-state index < -0.39 is 16.1 Å². The zero-order valence-electron chi connectivity index (χ0n) is 12.0. The van der Waals surface area contributed by atoms with Crippen LogP contribution in [0.1, 0.15) is 43.2 Å². The Morgan fingerprint density at radius 2 is 1.86 bits per heavy atom. The lowest BCUT2D eigenvalue weighted by Crippen LogP contribution is -2.42. The maximum absolute atomic E-state index is 12.5. The zero-order valence-corrected chi connectivity index (χ0v) is 12.8. The van der Waals surface area contributed by atoms with Crippen LogP contribution in [-0.2, 0) is 23.1 Å². The Morgan fingerprint density at radius 1 is 1.10 bits per heavy atom. The first-order chi connectivity index (χ1) is 10.1. The molecule has 0 aromatic heterocycles. The molecule has 1 aromatic rings. The molecule has 1 saturated carbocycles. The van der Waals surface area contributed by atoms with Crippen molar-refractivity contribution in [3.63, 3.8) is 0 Å². The first-order valence-electron chi connectivity index (χ1n) is 7.59. The Kier molecular flexibility index (Phi) is 4.31. The van der Waals surface area contributed by atoms with Gasteiger partial charge in [-0.1, -0.05) is 25.3 Å². The maximum Gasteiger partial charge on any atom is 0.240 e. The molecule has 2 aliphatic rings. The Morgan fingerprint density at radius 3 is 2.71 bits per heavy atom. The molecule has 0 spiro atoms. The fraction of sp³-hybridized carbons (Fsp3) is 0.600. The Bertz CT molecular complexity index is 615. The Balaban J connectivity index is 1.80. The zero-order chi connectivity index (χ0) is 14.9. The molecule has 2 atom stereocenters. The normalized spacial score (nSPS) is 26.3. The van der Waals surface area contributed by atoms with Crippen molar-refractivity contribution in [3.05, 3.63) is 29.3 Å². The average molecular weight is 310 g/mol. The Labute approximate surface area is 125 Å². The smallest absolute Gasteiger partial charge is 0.240 e. The van der Waals surface area contributed by atoms with Crippen molar-refractivity contribution in [2.75, 3.05) is 0 Å².